The van der Waals surface area contributed by atoms with Crippen LogP contribution in [0.4, 0.5) is 0 Å². The summed E-state index contributed by atoms with van der Waals surface area (Å²) < 4.78 is 3.04. The Hall–Kier alpha value is -2.18. The Kier molecular flexibility index (Phi) is 2.22. The van der Waals surface area contributed by atoms with E-state index in [1.807, 2.05) is 6.92 Å². The molecule has 0 saturated carbocycles. The summed E-state index contributed by atoms with van der Waals surface area (Å²) in [4.78, 5) is 10.8. The van der Waals surface area contributed by atoms with Gasteiger partial charge >= 0.3 is 5.97 Å². The van der Waals surface area contributed by atoms with E-state index in [-0.39, 0.29) is 5.69 Å². The number of aromatic carboxylic acids is 1. The lowest BCUT2D eigenvalue weighted by Crippen LogP contribution is -2.03. The average molecular weight is 221 g/mol. The maximum absolute atomic E-state index is 10.8. The second-order valence-corrected chi connectivity index (χ2v) is 3.53. The Morgan fingerprint density at radius 3 is 2.56 bits per heavy atom. The molecule has 0 unspecified atom stereocenters. The van der Waals surface area contributed by atoms with Gasteiger partial charge in [-0.05, 0) is 13.8 Å². The molecule has 0 saturated heterocycles. The van der Waals surface area contributed by atoms with Crippen LogP contribution in [0, 0.1) is 13.8 Å². The van der Waals surface area contributed by atoms with Crippen LogP contribution in [0.15, 0.2) is 6.20 Å². The van der Waals surface area contributed by atoms with Gasteiger partial charge in [0, 0.05) is 18.8 Å². The summed E-state index contributed by atoms with van der Waals surface area (Å²) in [6.07, 6.45) is 1.63. The fourth-order valence-electron chi connectivity index (χ4n) is 1.39. The van der Waals surface area contributed by atoms with Gasteiger partial charge in [-0.3, -0.25) is 4.68 Å². The molecule has 0 aliphatic rings. The van der Waals surface area contributed by atoms with Gasteiger partial charge in [0.25, 0.3) is 0 Å². The highest BCUT2D eigenvalue weighted by atomic mass is 16.4. The number of nitrogens with zero attached hydrogens (tertiary/aromatic N) is 5. The van der Waals surface area contributed by atoms with Crippen LogP contribution in [0.25, 0.3) is 5.82 Å². The summed E-state index contributed by atoms with van der Waals surface area (Å²) in [5, 5.41) is 20.6. The normalized spacial score (nSPS) is 10.7. The van der Waals surface area contributed by atoms with Crippen LogP contribution in [-0.4, -0.2) is 35.9 Å². The summed E-state index contributed by atoms with van der Waals surface area (Å²) in [7, 11) is 1.76. The molecule has 2 aromatic rings. The fourth-order valence-corrected chi connectivity index (χ4v) is 1.39. The SMILES string of the molecule is Cc1cn(-c2nnn(C)c2C)nc1C(=O)O. The van der Waals surface area contributed by atoms with E-state index in [1.54, 1.807) is 24.9 Å². The molecule has 7 heteroatoms. The number of hydrogen-bond acceptors (Lipinski definition) is 4. The molecular formula is C9H11N5O2. The van der Waals surface area contributed by atoms with Crippen LogP contribution in [0.2, 0.25) is 0 Å². The molecule has 0 bridgehead atoms. The highest BCUT2D eigenvalue weighted by molar-refractivity contribution is 5.86. The average Bonchev–Trinajstić information content (AvgIpc) is 2.73. The molecule has 0 aromatic carbocycles. The molecule has 2 heterocycles. The minimum absolute atomic E-state index is 0.0325. The van der Waals surface area contributed by atoms with E-state index in [0.717, 1.165) is 5.69 Å². The highest BCUT2D eigenvalue weighted by Crippen LogP contribution is 2.12. The van der Waals surface area contributed by atoms with Gasteiger partial charge in [-0.2, -0.15) is 5.10 Å². The van der Waals surface area contributed by atoms with Gasteiger partial charge < -0.3 is 5.11 Å². The molecule has 2 rings (SSSR count). The molecule has 0 radical (unpaired) electrons. The lowest BCUT2D eigenvalue weighted by Gasteiger charge is -1.96. The molecule has 0 aliphatic carbocycles. The first-order valence-electron chi connectivity index (χ1n) is 4.67. The second-order valence-electron chi connectivity index (χ2n) is 3.53. The number of carboxylic acid groups (broad SMARTS) is 1. The first-order valence-corrected chi connectivity index (χ1v) is 4.67. The van der Waals surface area contributed by atoms with Crippen molar-refractivity contribution < 1.29 is 9.90 Å². The van der Waals surface area contributed by atoms with E-state index < -0.39 is 5.97 Å². The third-order valence-electron chi connectivity index (χ3n) is 2.40. The molecule has 2 aromatic heterocycles. The molecule has 0 fully saturated rings. The standard InChI is InChI=1S/C9H11N5O2/c1-5-4-14(11-7(5)9(15)16)8-6(2)13(3)12-10-8/h4H,1-3H3,(H,15,16). The van der Waals surface area contributed by atoms with Crippen molar-refractivity contribution in [3.8, 4) is 5.82 Å². The summed E-state index contributed by atoms with van der Waals surface area (Å²) in [6, 6.07) is 0. The van der Waals surface area contributed by atoms with E-state index >= 15 is 0 Å². The molecule has 7 nitrogen and oxygen atoms in total. The van der Waals surface area contributed by atoms with E-state index in [2.05, 4.69) is 15.4 Å². The molecule has 0 atom stereocenters. The lowest BCUT2D eigenvalue weighted by molar-refractivity contribution is 0.0689. The van der Waals surface area contributed by atoms with Gasteiger partial charge in [0.15, 0.2) is 11.5 Å². The first kappa shape index (κ1) is 10.3. The monoisotopic (exact) mass is 221 g/mol. The largest absolute Gasteiger partial charge is 0.476 e. The van der Waals surface area contributed by atoms with Crippen LogP contribution in [0.3, 0.4) is 0 Å². The van der Waals surface area contributed by atoms with Crippen molar-refractivity contribution in [2.75, 3.05) is 0 Å². The third kappa shape index (κ3) is 1.46. The van der Waals surface area contributed by atoms with Crippen molar-refractivity contribution in [1.82, 2.24) is 24.8 Å². The molecule has 84 valence electrons. The zero-order chi connectivity index (χ0) is 11.9. The van der Waals surface area contributed by atoms with Crippen molar-refractivity contribution in [2.45, 2.75) is 13.8 Å². The summed E-state index contributed by atoms with van der Waals surface area (Å²) in [6.45, 7) is 3.53. The topological polar surface area (TPSA) is 85.8 Å². The second kappa shape index (κ2) is 3.44. The molecule has 1 N–H and O–H groups in total. The van der Waals surface area contributed by atoms with Gasteiger partial charge in [-0.15, -0.1) is 5.10 Å². The van der Waals surface area contributed by atoms with Crippen molar-refractivity contribution in [3.63, 3.8) is 0 Å². The fraction of sp³-hybridized carbons (Fsp3) is 0.333. The lowest BCUT2D eigenvalue weighted by atomic mass is 10.3. The Morgan fingerprint density at radius 2 is 2.12 bits per heavy atom. The zero-order valence-corrected chi connectivity index (χ0v) is 9.17. The number of carbonyl (C=O) groups is 1. The van der Waals surface area contributed by atoms with E-state index in [1.165, 1.54) is 4.68 Å². The first-order chi connectivity index (χ1) is 7.50. The summed E-state index contributed by atoms with van der Waals surface area (Å²) in [5.41, 5.74) is 1.45. The molecule has 0 aliphatic heterocycles. The minimum atomic E-state index is -1.04. The molecule has 16 heavy (non-hydrogen) atoms. The van der Waals surface area contributed by atoms with Crippen LogP contribution in [-0.2, 0) is 7.05 Å². The Morgan fingerprint density at radius 1 is 1.44 bits per heavy atom. The van der Waals surface area contributed by atoms with Crippen molar-refractivity contribution in [3.05, 3.63) is 23.1 Å². The van der Waals surface area contributed by atoms with Crippen LogP contribution >= 0.6 is 0 Å². The zero-order valence-electron chi connectivity index (χ0n) is 9.17. The van der Waals surface area contributed by atoms with E-state index in [9.17, 15) is 4.79 Å². The number of aryl methyl sites for hydroxylation is 2. The summed E-state index contributed by atoms with van der Waals surface area (Å²) in [5.74, 6) is -0.504. The molecular weight excluding hydrogens is 210 g/mol. The van der Waals surface area contributed by atoms with Crippen LogP contribution in [0.1, 0.15) is 21.7 Å². The number of aromatic nitrogens is 5. The Labute approximate surface area is 91.3 Å². The summed E-state index contributed by atoms with van der Waals surface area (Å²) >= 11 is 0. The van der Waals surface area contributed by atoms with Gasteiger partial charge in [0.1, 0.15) is 0 Å². The van der Waals surface area contributed by atoms with Gasteiger partial charge in [-0.25, -0.2) is 9.48 Å². The molecule has 0 amide bonds. The van der Waals surface area contributed by atoms with Gasteiger partial charge in [-0.1, -0.05) is 5.21 Å². The van der Waals surface area contributed by atoms with E-state index in [4.69, 9.17) is 5.11 Å². The maximum atomic E-state index is 10.8. The van der Waals surface area contributed by atoms with E-state index in [0.29, 0.717) is 11.4 Å². The predicted molar refractivity (Wildman–Crippen MR) is 54.6 cm³/mol. The minimum Gasteiger partial charge on any atom is -0.476 e. The van der Waals surface area contributed by atoms with Gasteiger partial charge in [0.2, 0.25) is 0 Å². The van der Waals surface area contributed by atoms with Crippen LogP contribution < -0.4 is 0 Å². The molecule has 0 spiro atoms. The maximum Gasteiger partial charge on any atom is 0.356 e. The van der Waals surface area contributed by atoms with Gasteiger partial charge in [0.05, 0.1) is 5.69 Å². The van der Waals surface area contributed by atoms with Crippen molar-refractivity contribution in [2.24, 2.45) is 7.05 Å². The van der Waals surface area contributed by atoms with Crippen LogP contribution in [0.5, 0.6) is 0 Å². The third-order valence-corrected chi connectivity index (χ3v) is 2.40. The van der Waals surface area contributed by atoms with Crippen molar-refractivity contribution >= 4 is 5.97 Å². The number of carboxylic acids is 1. The number of rotatable bonds is 2. The number of hydrogen-bond donors (Lipinski definition) is 1. The smallest absolute Gasteiger partial charge is 0.356 e. The Bertz CT molecular complexity index is 554. The highest BCUT2D eigenvalue weighted by Gasteiger charge is 2.16. The Balaban J connectivity index is 2.53. The predicted octanol–water partition coefficient (Wildman–Crippen LogP) is 0.316. The van der Waals surface area contributed by atoms with Crippen molar-refractivity contribution in [1.29, 1.82) is 0 Å². The quantitative estimate of drug-likeness (QED) is 0.789.